The predicted molar refractivity (Wildman–Crippen MR) is 103 cm³/mol. The third-order valence-corrected chi connectivity index (χ3v) is 5.84. The summed E-state index contributed by atoms with van der Waals surface area (Å²) in [5, 5.41) is 0. The normalized spacial score (nSPS) is 19.4. The van der Waals surface area contributed by atoms with Crippen LogP contribution < -0.4 is 4.90 Å². The zero-order chi connectivity index (χ0) is 17.2. The lowest BCUT2D eigenvalue weighted by Gasteiger charge is -2.38. The molecule has 1 aliphatic heterocycles. The second-order valence-electron chi connectivity index (χ2n) is 7.00. The molecule has 1 amide bonds. The lowest BCUT2D eigenvalue weighted by Crippen LogP contribution is -2.50. The first-order valence-corrected chi connectivity index (χ1v) is 9.96. The largest absolute Gasteiger partial charge is 0.366 e. The van der Waals surface area contributed by atoms with E-state index in [0.29, 0.717) is 5.91 Å². The fourth-order valence-electron chi connectivity index (χ4n) is 4.02. The van der Waals surface area contributed by atoms with Gasteiger partial charge in [-0.1, -0.05) is 19.3 Å². The number of fused-ring (bicyclic) bond motifs is 1. The van der Waals surface area contributed by atoms with Crippen LogP contribution in [0.1, 0.15) is 32.1 Å². The summed E-state index contributed by atoms with van der Waals surface area (Å²) in [7, 11) is 0. The first-order chi connectivity index (χ1) is 12.2. The van der Waals surface area contributed by atoms with E-state index in [9.17, 15) is 4.79 Å². The molecule has 0 unspecified atom stereocenters. The van der Waals surface area contributed by atoms with Crippen LogP contribution in [-0.2, 0) is 4.79 Å². The lowest BCUT2D eigenvalue weighted by molar-refractivity contribution is -0.136. The molecule has 0 spiro atoms. The molecule has 1 saturated carbocycles. The highest BCUT2D eigenvalue weighted by Gasteiger charge is 2.28. The number of halogens is 1. The molecular formula is C19H23BrN4O. The van der Waals surface area contributed by atoms with Crippen LogP contribution in [0.4, 0.5) is 5.69 Å². The van der Waals surface area contributed by atoms with E-state index in [0.717, 1.165) is 60.2 Å². The summed E-state index contributed by atoms with van der Waals surface area (Å²) >= 11 is 3.45. The fourth-order valence-corrected chi connectivity index (χ4v) is 4.34. The molecule has 25 heavy (non-hydrogen) atoms. The highest BCUT2D eigenvalue weighted by atomic mass is 79.9. The van der Waals surface area contributed by atoms with Crippen LogP contribution in [0.3, 0.4) is 0 Å². The van der Waals surface area contributed by atoms with Crippen molar-refractivity contribution in [3.63, 3.8) is 0 Å². The molecule has 3 heterocycles. The molecule has 2 aromatic rings. The predicted octanol–water partition coefficient (Wildman–Crippen LogP) is 3.62. The standard InChI is InChI=1S/C19H23BrN4O/c20-15-12-16-18(22-13-15)17(6-7-21-16)23-8-10-24(11-9-23)19(25)14-4-2-1-3-5-14/h6-7,12-14H,1-5,8-11H2. The van der Waals surface area contributed by atoms with Crippen LogP contribution in [0.25, 0.3) is 11.0 Å². The van der Waals surface area contributed by atoms with Crippen molar-refractivity contribution in [2.45, 2.75) is 32.1 Å². The molecule has 132 valence electrons. The van der Waals surface area contributed by atoms with Gasteiger partial charge in [0.05, 0.1) is 11.2 Å². The summed E-state index contributed by atoms with van der Waals surface area (Å²) in [5.74, 6) is 0.641. The smallest absolute Gasteiger partial charge is 0.225 e. The number of pyridine rings is 2. The van der Waals surface area contributed by atoms with Gasteiger partial charge in [-0.3, -0.25) is 14.8 Å². The molecule has 2 aromatic heterocycles. The number of nitrogens with zero attached hydrogens (tertiary/aromatic N) is 4. The molecule has 2 fully saturated rings. The van der Waals surface area contributed by atoms with Crippen LogP contribution in [0.15, 0.2) is 29.0 Å². The Morgan fingerprint density at radius 2 is 1.84 bits per heavy atom. The Labute approximate surface area is 156 Å². The van der Waals surface area contributed by atoms with Crippen molar-refractivity contribution < 1.29 is 4.79 Å². The lowest BCUT2D eigenvalue weighted by atomic mass is 9.88. The molecule has 0 bridgehead atoms. The maximum Gasteiger partial charge on any atom is 0.225 e. The van der Waals surface area contributed by atoms with Crippen molar-refractivity contribution in [1.29, 1.82) is 0 Å². The molecule has 0 N–H and O–H groups in total. The number of rotatable bonds is 2. The van der Waals surface area contributed by atoms with E-state index in [2.05, 4.69) is 35.7 Å². The highest BCUT2D eigenvalue weighted by Crippen LogP contribution is 2.28. The monoisotopic (exact) mass is 402 g/mol. The molecule has 0 aromatic carbocycles. The van der Waals surface area contributed by atoms with Gasteiger partial charge in [0.2, 0.25) is 5.91 Å². The van der Waals surface area contributed by atoms with E-state index < -0.39 is 0 Å². The Bertz CT molecular complexity index is 767. The minimum Gasteiger partial charge on any atom is -0.366 e. The van der Waals surface area contributed by atoms with E-state index in [4.69, 9.17) is 0 Å². The van der Waals surface area contributed by atoms with Gasteiger partial charge >= 0.3 is 0 Å². The van der Waals surface area contributed by atoms with Gasteiger partial charge < -0.3 is 9.80 Å². The fraction of sp³-hybridized carbons (Fsp3) is 0.526. The van der Waals surface area contributed by atoms with Gasteiger partial charge in [0.15, 0.2) is 0 Å². The third-order valence-electron chi connectivity index (χ3n) is 5.41. The molecule has 1 saturated heterocycles. The minimum absolute atomic E-state index is 0.265. The van der Waals surface area contributed by atoms with E-state index >= 15 is 0 Å². The second-order valence-corrected chi connectivity index (χ2v) is 7.91. The van der Waals surface area contributed by atoms with Crippen molar-refractivity contribution in [3.8, 4) is 0 Å². The summed E-state index contributed by atoms with van der Waals surface area (Å²) in [6.45, 7) is 3.32. The van der Waals surface area contributed by atoms with Crippen LogP contribution in [-0.4, -0.2) is 47.0 Å². The van der Waals surface area contributed by atoms with Gasteiger partial charge in [0, 0.05) is 49.0 Å². The number of hydrogen-bond donors (Lipinski definition) is 0. The van der Waals surface area contributed by atoms with Gasteiger partial charge in [-0.25, -0.2) is 0 Å². The number of aromatic nitrogens is 2. The van der Waals surface area contributed by atoms with Crippen molar-refractivity contribution in [3.05, 3.63) is 29.0 Å². The molecule has 0 atom stereocenters. The number of anilines is 1. The maximum absolute atomic E-state index is 12.7. The Morgan fingerprint density at radius 3 is 2.60 bits per heavy atom. The summed E-state index contributed by atoms with van der Waals surface area (Å²) in [5.41, 5.74) is 2.94. The Kier molecular flexibility index (Phi) is 4.88. The summed E-state index contributed by atoms with van der Waals surface area (Å²) < 4.78 is 0.938. The summed E-state index contributed by atoms with van der Waals surface area (Å²) in [6, 6.07) is 4.02. The van der Waals surface area contributed by atoms with E-state index in [-0.39, 0.29) is 5.92 Å². The minimum atomic E-state index is 0.265. The Morgan fingerprint density at radius 1 is 1.08 bits per heavy atom. The maximum atomic E-state index is 12.7. The molecule has 6 heteroatoms. The summed E-state index contributed by atoms with van der Waals surface area (Å²) in [6.07, 6.45) is 9.51. The van der Waals surface area contributed by atoms with Crippen LogP contribution in [0, 0.1) is 5.92 Å². The molecule has 4 rings (SSSR count). The number of hydrogen-bond acceptors (Lipinski definition) is 4. The topological polar surface area (TPSA) is 49.3 Å². The van der Waals surface area contributed by atoms with Crippen molar-refractivity contribution >= 4 is 38.6 Å². The van der Waals surface area contributed by atoms with Crippen LogP contribution >= 0.6 is 15.9 Å². The second kappa shape index (κ2) is 7.28. The first kappa shape index (κ1) is 16.8. The van der Waals surface area contributed by atoms with E-state index in [1.54, 1.807) is 0 Å². The van der Waals surface area contributed by atoms with Gasteiger partial charge in [0.1, 0.15) is 5.52 Å². The zero-order valence-corrected chi connectivity index (χ0v) is 15.9. The number of carbonyl (C=O) groups excluding carboxylic acids is 1. The molecule has 5 nitrogen and oxygen atoms in total. The van der Waals surface area contributed by atoms with Gasteiger partial charge in [0.25, 0.3) is 0 Å². The number of carbonyl (C=O) groups is 1. The van der Waals surface area contributed by atoms with Crippen molar-refractivity contribution in [2.75, 3.05) is 31.1 Å². The van der Waals surface area contributed by atoms with Crippen LogP contribution in [0.2, 0.25) is 0 Å². The van der Waals surface area contributed by atoms with Crippen molar-refractivity contribution in [2.24, 2.45) is 5.92 Å². The van der Waals surface area contributed by atoms with E-state index in [1.807, 2.05) is 24.5 Å². The Balaban J connectivity index is 1.46. The molecule has 1 aliphatic carbocycles. The quantitative estimate of drug-likeness (QED) is 0.769. The summed E-state index contributed by atoms with van der Waals surface area (Å²) in [4.78, 5) is 26.1. The van der Waals surface area contributed by atoms with E-state index in [1.165, 1.54) is 19.3 Å². The number of amides is 1. The van der Waals surface area contributed by atoms with Crippen molar-refractivity contribution in [1.82, 2.24) is 14.9 Å². The SMILES string of the molecule is O=C(C1CCCCC1)N1CCN(c2ccnc3cc(Br)cnc23)CC1. The average molecular weight is 403 g/mol. The molecular weight excluding hydrogens is 380 g/mol. The van der Waals surface area contributed by atoms with Crippen LogP contribution in [0.5, 0.6) is 0 Å². The van der Waals surface area contributed by atoms with Gasteiger partial charge in [-0.2, -0.15) is 0 Å². The molecule has 0 radical (unpaired) electrons. The van der Waals surface area contributed by atoms with Gasteiger partial charge in [-0.05, 0) is 40.9 Å². The average Bonchev–Trinajstić information content (AvgIpc) is 2.67. The molecule has 2 aliphatic rings. The Hall–Kier alpha value is -1.69. The third kappa shape index (κ3) is 3.50. The zero-order valence-electron chi connectivity index (χ0n) is 14.3. The number of piperazine rings is 1. The van der Waals surface area contributed by atoms with Gasteiger partial charge in [-0.15, -0.1) is 0 Å². The first-order valence-electron chi connectivity index (χ1n) is 9.16. The highest BCUT2D eigenvalue weighted by molar-refractivity contribution is 9.10.